The van der Waals surface area contributed by atoms with Crippen molar-refractivity contribution in [1.82, 2.24) is 4.57 Å². The summed E-state index contributed by atoms with van der Waals surface area (Å²) in [5.74, 6) is 1.09. The van der Waals surface area contributed by atoms with E-state index in [1.165, 1.54) is 62.3 Å². The molecule has 3 heteroatoms. The van der Waals surface area contributed by atoms with Crippen molar-refractivity contribution in [3.8, 4) is 0 Å². The van der Waals surface area contributed by atoms with Crippen LogP contribution in [0.1, 0.15) is 91.0 Å². The highest BCUT2D eigenvalue weighted by molar-refractivity contribution is 6.09. The number of oxime groups is 1. The lowest BCUT2D eigenvalue weighted by Gasteiger charge is -2.12. The molecule has 1 aromatic heterocycles. The molecule has 0 amide bonds. The van der Waals surface area contributed by atoms with Crippen molar-refractivity contribution in [1.29, 1.82) is 0 Å². The van der Waals surface area contributed by atoms with Crippen molar-refractivity contribution in [2.24, 2.45) is 11.1 Å². The number of hydrogen-bond donors (Lipinski definition) is 0. The Balaban J connectivity index is 2.00. The van der Waals surface area contributed by atoms with E-state index in [4.69, 9.17) is 4.84 Å². The quantitative estimate of drug-likeness (QED) is 0.137. The van der Waals surface area contributed by atoms with E-state index >= 15 is 0 Å². The van der Waals surface area contributed by atoms with Crippen LogP contribution in [0.3, 0.4) is 0 Å². The summed E-state index contributed by atoms with van der Waals surface area (Å²) in [6, 6.07) is 8.66. The predicted molar refractivity (Wildman–Crippen MR) is 126 cm³/mol. The first-order valence-corrected chi connectivity index (χ1v) is 11.6. The number of unbranched alkanes of at least 4 members (excludes halogenated alkanes) is 6. The molecular weight excluding hydrogens is 356 g/mol. The van der Waals surface area contributed by atoms with Crippen LogP contribution in [0.25, 0.3) is 10.9 Å². The lowest BCUT2D eigenvalue weighted by atomic mass is 10.0. The highest BCUT2D eigenvalue weighted by Gasteiger charge is 2.11. The van der Waals surface area contributed by atoms with Gasteiger partial charge in [-0.2, -0.15) is 0 Å². The number of nitrogens with zero attached hydrogens (tertiary/aromatic N) is 2. The number of aromatic nitrogens is 1. The first-order valence-electron chi connectivity index (χ1n) is 11.6. The maximum Gasteiger partial charge on any atom is 0.130 e. The van der Waals surface area contributed by atoms with Gasteiger partial charge in [-0.25, -0.2) is 0 Å². The minimum atomic E-state index is 0.334. The van der Waals surface area contributed by atoms with Gasteiger partial charge in [0.05, 0.1) is 5.71 Å². The van der Waals surface area contributed by atoms with Crippen molar-refractivity contribution in [3.63, 3.8) is 0 Å². The first-order chi connectivity index (χ1) is 14.1. The summed E-state index contributed by atoms with van der Waals surface area (Å²) < 4.78 is 2.37. The Labute approximate surface area is 177 Å². The molecule has 0 aliphatic rings. The van der Waals surface area contributed by atoms with Crippen molar-refractivity contribution in [2.75, 3.05) is 0 Å². The van der Waals surface area contributed by atoms with E-state index in [2.05, 4.69) is 67.5 Å². The first kappa shape index (κ1) is 23.3. The number of benzene rings is 1. The summed E-state index contributed by atoms with van der Waals surface area (Å²) in [7, 11) is 0. The van der Waals surface area contributed by atoms with Gasteiger partial charge in [0, 0.05) is 35.1 Å². The summed E-state index contributed by atoms with van der Waals surface area (Å²) >= 11 is 0. The van der Waals surface area contributed by atoms with Crippen molar-refractivity contribution < 1.29 is 4.84 Å². The van der Waals surface area contributed by atoms with Gasteiger partial charge >= 0.3 is 0 Å². The molecule has 2 aromatic rings. The second kappa shape index (κ2) is 12.5. The third-order valence-corrected chi connectivity index (χ3v) is 5.80. The number of allylic oxidation sites excluding steroid dienone is 1. The van der Waals surface area contributed by atoms with E-state index in [9.17, 15) is 0 Å². The van der Waals surface area contributed by atoms with Gasteiger partial charge in [-0.3, -0.25) is 0 Å². The summed E-state index contributed by atoms with van der Waals surface area (Å²) in [4.78, 5) is 5.67. The van der Waals surface area contributed by atoms with Gasteiger partial charge in [-0.05, 0) is 31.9 Å². The van der Waals surface area contributed by atoms with Crippen LogP contribution in [0.5, 0.6) is 0 Å². The summed E-state index contributed by atoms with van der Waals surface area (Å²) in [6.07, 6.45) is 13.6. The molecule has 0 unspecified atom stereocenters. The van der Waals surface area contributed by atoms with Gasteiger partial charge in [0.25, 0.3) is 0 Å². The fraction of sp³-hybridized carbons (Fsp3) is 0.577. The number of hydrogen-bond acceptors (Lipinski definition) is 2. The van der Waals surface area contributed by atoms with Crippen LogP contribution in [-0.2, 0) is 11.4 Å². The molecule has 1 atom stereocenters. The molecule has 0 radical (unpaired) electrons. The second-order valence-corrected chi connectivity index (χ2v) is 8.29. The molecule has 1 aromatic carbocycles. The summed E-state index contributed by atoms with van der Waals surface area (Å²) in [5, 5.41) is 5.64. The van der Waals surface area contributed by atoms with E-state index < -0.39 is 0 Å². The maximum absolute atomic E-state index is 5.67. The van der Waals surface area contributed by atoms with Gasteiger partial charge in [0.2, 0.25) is 0 Å². The molecule has 0 aliphatic heterocycles. The smallest absolute Gasteiger partial charge is 0.130 e. The predicted octanol–water partition coefficient (Wildman–Crippen LogP) is 8.08. The van der Waals surface area contributed by atoms with E-state index in [1.54, 1.807) is 0 Å². The van der Waals surface area contributed by atoms with Crippen LogP contribution in [0.2, 0.25) is 0 Å². The highest BCUT2D eigenvalue weighted by Crippen LogP contribution is 2.23. The summed E-state index contributed by atoms with van der Waals surface area (Å²) in [6.45, 7) is 13.8. The summed E-state index contributed by atoms with van der Waals surface area (Å²) in [5.41, 5.74) is 3.32. The van der Waals surface area contributed by atoms with Crippen LogP contribution in [-0.4, -0.2) is 10.3 Å². The number of aryl methyl sites for hydroxylation is 1. The Morgan fingerprint density at radius 1 is 1.03 bits per heavy atom. The lowest BCUT2D eigenvalue weighted by Crippen LogP contribution is -2.03. The largest absolute Gasteiger partial charge is 0.362 e. The van der Waals surface area contributed by atoms with E-state index in [-0.39, 0.29) is 0 Å². The van der Waals surface area contributed by atoms with Crippen LogP contribution in [0, 0.1) is 5.92 Å². The van der Waals surface area contributed by atoms with Gasteiger partial charge < -0.3 is 9.40 Å². The molecule has 0 spiro atoms. The molecule has 0 N–H and O–H groups in total. The fourth-order valence-corrected chi connectivity index (χ4v) is 3.73. The van der Waals surface area contributed by atoms with E-state index in [0.29, 0.717) is 5.92 Å². The molecule has 0 bridgehead atoms. The minimum absolute atomic E-state index is 0.334. The monoisotopic (exact) mass is 396 g/mol. The Bertz CT molecular complexity index is 787. The molecule has 0 saturated carbocycles. The highest BCUT2D eigenvalue weighted by atomic mass is 16.6. The third kappa shape index (κ3) is 7.06. The average Bonchev–Trinajstić information content (AvgIpc) is 3.15. The number of fused-ring (bicyclic) bond motifs is 1. The molecule has 0 fully saturated rings. The van der Waals surface area contributed by atoms with Crippen molar-refractivity contribution in [3.05, 3.63) is 48.4 Å². The third-order valence-electron chi connectivity index (χ3n) is 5.80. The molecule has 3 nitrogen and oxygen atoms in total. The zero-order valence-corrected chi connectivity index (χ0v) is 19.0. The standard InChI is InChI=1S/C26H40N2O/c1-6-8-10-11-12-13-19-28-20-18-25-24(16-14-17-26(25)28)22(4)27-29-23(5)21(3)15-9-7-2/h14,16-18,20-21H,5-13,15,19H2,1-4H3/b27-22+/t21-/m0/s1. The fourth-order valence-electron chi connectivity index (χ4n) is 3.73. The second-order valence-electron chi connectivity index (χ2n) is 8.29. The van der Waals surface area contributed by atoms with Gasteiger partial charge in [0.15, 0.2) is 0 Å². The Morgan fingerprint density at radius 2 is 1.76 bits per heavy atom. The van der Waals surface area contributed by atoms with Crippen molar-refractivity contribution >= 4 is 16.6 Å². The molecule has 0 saturated heterocycles. The molecule has 29 heavy (non-hydrogen) atoms. The average molecular weight is 397 g/mol. The van der Waals surface area contributed by atoms with Crippen LogP contribution in [0.15, 0.2) is 48.0 Å². The van der Waals surface area contributed by atoms with Crippen LogP contribution in [0.4, 0.5) is 0 Å². The number of rotatable bonds is 14. The van der Waals surface area contributed by atoms with Gasteiger partial charge in [0.1, 0.15) is 5.76 Å². The molecular formula is C26H40N2O. The Morgan fingerprint density at radius 3 is 2.52 bits per heavy atom. The van der Waals surface area contributed by atoms with Crippen LogP contribution < -0.4 is 0 Å². The van der Waals surface area contributed by atoms with E-state index in [1.807, 2.05) is 6.92 Å². The Kier molecular flexibility index (Phi) is 10.0. The Hall–Kier alpha value is -2.03. The van der Waals surface area contributed by atoms with Crippen molar-refractivity contribution in [2.45, 2.75) is 92.0 Å². The topological polar surface area (TPSA) is 26.5 Å². The van der Waals surface area contributed by atoms with E-state index in [0.717, 1.165) is 30.0 Å². The SMILES string of the molecule is C=C(O/N=C(\C)c1cccc2c1ccn2CCCCCCCC)[C@@H](C)CCCC. The van der Waals surface area contributed by atoms with Crippen LogP contribution >= 0.6 is 0 Å². The maximum atomic E-state index is 5.67. The lowest BCUT2D eigenvalue weighted by molar-refractivity contribution is 0.190. The molecule has 1 heterocycles. The normalized spacial score (nSPS) is 13.0. The molecule has 2 rings (SSSR count). The molecule has 0 aliphatic carbocycles. The molecule has 160 valence electrons. The van der Waals surface area contributed by atoms with Gasteiger partial charge in [-0.15, -0.1) is 0 Å². The minimum Gasteiger partial charge on any atom is -0.362 e. The van der Waals surface area contributed by atoms with Gasteiger partial charge in [-0.1, -0.05) is 89.6 Å². The zero-order chi connectivity index (χ0) is 21.1. The zero-order valence-electron chi connectivity index (χ0n) is 19.0.